The van der Waals surface area contributed by atoms with E-state index in [0.29, 0.717) is 0 Å². The van der Waals surface area contributed by atoms with Crippen LogP contribution in [0.2, 0.25) is 0 Å². The van der Waals surface area contributed by atoms with Crippen LogP contribution in [0.5, 0.6) is 0 Å². The van der Waals surface area contributed by atoms with Gasteiger partial charge in [-0.1, -0.05) is 0 Å². The Labute approximate surface area is 60.9 Å². The van der Waals surface area contributed by atoms with Crippen LogP contribution in [0.1, 0.15) is 0 Å². The van der Waals surface area contributed by atoms with Crippen molar-refractivity contribution in [1.82, 2.24) is 0 Å². The third-order valence-electron chi connectivity index (χ3n) is 0.663. The van der Waals surface area contributed by atoms with Gasteiger partial charge < -0.3 is 0 Å². The molecule has 0 aromatic carbocycles. The molecule has 0 aliphatic rings. The maximum Gasteiger partial charge on any atom is 0.531 e. The average molecular weight is 194 g/mol. The summed E-state index contributed by atoms with van der Waals surface area (Å²) in [6, 6.07) is 0. The topological polar surface area (TPSA) is 44.8 Å². The van der Waals surface area contributed by atoms with E-state index in [4.69, 9.17) is 0 Å². The number of hydrogen-bond acceptors (Lipinski definition) is 4. The molecule has 4 nitrogen and oxygen atoms in total. The van der Waals surface area contributed by atoms with Gasteiger partial charge in [0.25, 0.3) is 0 Å². The molecule has 11 heavy (non-hydrogen) atoms. The third-order valence-corrected chi connectivity index (χ3v) is 1.99. The van der Waals surface area contributed by atoms with Gasteiger partial charge in [0.05, 0.1) is 0 Å². The third kappa shape index (κ3) is 4.36. The first kappa shape index (κ1) is 10.9. The van der Waals surface area contributed by atoms with Crippen LogP contribution in [0.25, 0.3) is 0 Å². The molecule has 0 spiro atoms. The molecule has 0 aliphatic heterocycles. The van der Waals surface area contributed by atoms with Crippen LogP contribution in [-0.4, -0.2) is 20.6 Å². The van der Waals surface area contributed by atoms with E-state index >= 15 is 0 Å². The monoisotopic (exact) mass is 194 g/mol. The van der Waals surface area contributed by atoms with Crippen molar-refractivity contribution in [3.63, 3.8) is 0 Å². The van der Waals surface area contributed by atoms with Gasteiger partial charge in [0.15, 0.2) is 0 Å². The Morgan fingerprint density at radius 3 is 1.64 bits per heavy atom. The van der Waals surface area contributed by atoms with E-state index in [9.17, 15) is 17.7 Å². The van der Waals surface area contributed by atoms with Crippen molar-refractivity contribution in [3.8, 4) is 0 Å². The molecule has 0 aliphatic carbocycles. The quantitative estimate of drug-likeness (QED) is 0.643. The van der Waals surface area contributed by atoms with E-state index in [1.807, 2.05) is 0 Å². The Morgan fingerprint density at radius 2 is 1.55 bits per heavy atom. The largest absolute Gasteiger partial charge is 0.531 e. The van der Waals surface area contributed by atoms with Crippen LogP contribution in [0.3, 0.4) is 0 Å². The minimum Gasteiger partial charge on any atom is -0.290 e. The van der Waals surface area contributed by atoms with E-state index in [-0.39, 0.29) is 0 Å². The van der Waals surface area contributed by atoms with Crippen LogP contribution >= 0.6 is 7.82 Å². The zero-order valence-corrected chi connectivity index (χ0v) is 6.61. The lowest BCUT2D eigenvalue weighted by molar-refractivity contribution is -0.283. The lowest BCUT2D eigenvalue weighted by Gasteiger charge is -2.14. The maximum absolute atomic E-state index is 11.4. The number of halogens is 3. The van der Waals surface area contributed by atoms with Crippen LogP contribution in [0, 0.1) is 0 Å². The highest BCUT2D eigenvalue weighted by Gasteiger charge is 2.41. The number of phosphoric acid groups is 1. The Bertz CT molecular complexity index is 158. The molecule has 0 saturated carbocycles. The van der Waals surface area contributed by atoms with Crippen LogP contribution in [0.4, 0.5) is 13.2 Å². The predicted octanol–water partition coefficient (Wildman–Crippen LogP) is 1.92. The zero-order chi connectivity index (χ0) is 9.12. The molecule has 0 rings (SSSR count). The lowest BCUT2D eigenvalue weighted by Crippen LogP contribution is -2.12. The first-order chi connectivity index (χ1) is 4.83. The van der Waals surface area contributed by atoms with Gasteiger partial charge in [-0.2, -0.15) is 4.52 Å². The second-order valence-corrected chi connectivity index (χ2v) is 3.16. The number of phosphoric ester groups is 1. The molecule has 0 fully saturated rings. The molecule has 0 N–H and O–H groups in total. The fourth-order valence-electron chi connectivity index (χ4n) is 0.276. The van der Waals surface area contributed by atoms with E-state index in [0.717, 1.165) is 14.2 Å². The Morgan fingerprint density at radius 1 is 1.18 bits per heavy atom. The van der Waals surface area contributed by atoms with E-state index in [2.05, 4.69) is 13.6 Å². The van der Waals surface area contributed by atoms with Gasteiger partial charge in [-0.3, -0.25) is 9.05 Å². The molecule has 0 heterocycles. The van der Waals surface area contributed by atoms with Crippen molar-refractivity contribution in [2.75, 3.05) is 14.2 Å². The molecule has 8 heteroatoms. The summed E-state index contributed by atoms with van der Waals surface area (Å²) in [6.45, 7) is 0. The predicted molar refractivity (Wildman–Crippen MR) is 28.8 cm³/mol. The average Bonchev–Trinajstić information content (AvgIpc) is 1.84. The van der Waals surface area contributed by atoms with Crippen LogP contribution in [0.15, 0.2) is 0 Å². The number of hydrogen-bond donors (Lipinski definition) is 0. The lowest BCUT2D eigenvalue weighted by atomic mass is 11.4. The number of rotatable bonds is 3. The molecular weight excluding hydrogens is 188 g/mol. The Hall–Kier alpha value is -0.100. The highest BCUT2D eigenvalue weighted by atomic mass is 31.2. The molecular formula is C3H6F3O4P. The molecule has 0 saturated heterocycles. The first-order valence-electron chi connectivity index (χ1n) is 2.32. The van der Waals surface area contributed by atoms with Gasteiger partial charge in [0.2, 0.25) is 0 Å². The summed E-state index contributed by atoms with van der Waals surface area (Å²) in [7, 11) is -2.85. The molecule has 0 amide bonds. The summed E-state index contributed by atoms with van der Waals surface area (Å²) in [5.74, 6) is 0. The maximum atomic E-state index is 11.4. The molecule has 0 bridgehead atoms. The Balaban J connectivity index is 4.21. The normalized spacial score (nSPS) is 13.5. The van der Waals surface area contributed by atoms with Gasteiger partial charge >= 0.3 is 14.2 Å². The Kier molecular flexibility index (Phi) is 3.50. The van der Waals surface area contributed by atoms with Crippen LogP contribution < -0.4 is 0 Å². The van der Waals surface area contributed by atoms with E-state index in [1.54, 1.807) is 0 Å². The summed E-state index contributed by atoms with van der Waals surface area (Å²) in [5.41, 5.74) is 0. The SMILES string of the molecule is COP(=O)(OC)OC(F)(F)F. The van der Waals surface area contributed by atoms with E-state index in [1.165, 1.54) is 0 Å². The minimum absolute atomic E-state index is 0.788. The second kappa shape index (κ2) is 3.53. The van der Waals surface area contributed by atoms with Gasteiger partial charge in [-0.25, -0.2) is 4.57 Å². The van der Waals surface area contributed by atoms with Gasteiger partial charge in [0.1, 0.15) is 0 Å². The summed E-state index contributed by atoms with van der Waals surface area (Å²) >= 11 is 0. The fraction of sp³-hybridized carbons (Fsp3) is 1.00. The van der Waals surface area contributed by atoms with Crippen molar-refractivity contribution in [1.29, 1.82) is 0 Å². The first-order valence-corrected chi connectivity index (χ1v) is 3.78. The summed E-state index contributed by atoms with van der Waals surface area (Å²) in [6.07, 6.45) is -5.03. The van der Waals surface area contributed by atoms with Crippen molar-refractivity contribution in [3.05, 3.63) is 0 Å². The molecule has 0 radical (unpaired) electrons. The van der Waals surface area contributed by atoms with Gasteiger partial charge in [-0.05, 0) is 0 Å². The second-order valence-electron chi connectivity index (χ2n) is 1.35. The fourth-order valence-corrected chi connectivity index (χ4v) is 0.828. The van der Waals surface area contributed by atoms with E-state index < -0.39 is 14.2 Å². The molecule has 0 aromatic rings. The molecule has 0 aromatic heterocycles. The zero-order valence-electron chi connectivity index (χ0n) is 5.71. The molecule has 0 unspecified atom stereocenters. The van der Waals surface area contributed by atoms with Crippen molar-refractivity contribution in [2.24, 2.45) is 0 Å². The number of alkyl halides is 3. The van der Waals surface area contributed by atoms with Crippen LogP contribution in [-0.2, 0) is 18.1 Å². The molecule has 68 valence electrons. The smallest absolute Gasteiger partial charge is 0.290 e. The van der Waals surface area contributed by atoms with Crippen molar-refractivity contribution >= 4 is 7.82 Å². The summed E-state index contributed by atoms with van der Waals surface area (Å²) < 4.78 is 55.4. The highest BCUT2D eigenvalue weighted by Crippen LogP contribution is 2.52. The van der Waals surface area contributed by atoms with Crippen molar-refractivity contribution in [2.45, 2.75) is 6.36 Å². The minimum atomic E-state index is -5.03. The van der Waals surface area contributed by atoms with Crippen molar-refractivity contribution < 1.29 is 31.3 Å². The van der Waals surface area contributed by atoms with Gasteiger partial charge in [0, 0.05) is 14.2 Å². The molecule has 0 atom stereocenters. The van der Waals surface area contributed by atoms with Gasteiger partial charge in [-0.15, -0.1) is 13.2 Å². The highest BCUT2D eigenvalue weighted by molar-refractivity contribution is 7.48. The summed E-state index contributed by atoms with van der Waals surface area (Å²) in [4.78, 5) is 0. The summed E-state index contributed by atoms with van der Waals surface area (Å²) in [5, 5.41) is 0. The standard InChI is InChI=1S/C3H6F3O4P/c1-8-11(7,9-2)10-3(4,5)6/h1-2H3.